The van der Waals surface area contributed by atoms with E-state index in [9.17, 15) is 13.2 Å². The molecule has 2 fully saturated rings. The SMILES string of the molecule is Cc1ccc(S(=O)(=O)NC(=O)OCC2CCC[NH+]3CCCCC23)cc1. The molecule has 6 nitrogen and oxygen atoms in total. The maximum absolute atomic E-state index is 12.2. The van der Waals surface area contributed by atoms with E-state index in [1.54, 1.807) is 17.0 Å². The number of rotatable bonds is 4. The molecule has 2 heterocycles. The number of fused-ring (bicyclic) bond motifs is 1. The molecule has 3 unspecified atom stereocenters. The number of carbonyl (C=O) groups is 1. The van der Waals surface area contributed by atoms with Gasteiger partial charge in [0.15, 0.2) is 0 Å². The lowest BCUT2D eigenvalue weighted by Gasteiger charge is -2.40. The molecule has 2 saturated heterocycles. The van der Waals surface area contributed by atoms with Gasteiger partial charge in [-0.25, -0.2) is 17.9 Å². The molecule has 3 atom stereocenters. The highest BCUT2D eigenvalue weighted by molar-refractivity contribution is 7.90. The van der Waals surface area contributed by atoms with Gasteiger partial charge in [0, 0.05) is 5.92 Å². The van der Waals surface area contributed by atoms with Gasteiger partial charge in [0.1, 0.15) is 6.61 Å². The Balaban J connectivity index is 1.54. The summed E-state index contributed by atoms with van der Waals surface area (Å²) in [6, 6.07) is 6.90. The maximum atomic E-state index is 12.2. The first-order chi connectivity index (χ1) is 12.0. The zero-order valence-corrected chi connectivity index (χ0v) is 15.5. The Hall–Kier alpha value is -1.60. The number of amides is 1. The van der Waals surface area contributed by atoms with Gasteiger partial charge in [0.05, 0.1) is 24.0 Å². The van der Waals surface area contributed by atoms with E-state index in [1.807, 2.05) is 11.6 Å². The lowest BCUT2D eigenvalue weighted by Crippen LogP contribution is -3.18. The van der Waals surface area contributed by atoms with E-state index in [4.69, 9.17) is 4.74 Å². The first-order valence-electron chi connectivity index (χ1n) is 9.06. The molecule has 0 spiro atoms. The Labute approximate surface area is 149 Å². The highest BCUT2D eigenvalue weighted by Gasteiger charge is 2.37. The molecule has 1 aromatic carbocycles. The standard InChI is InChI=1S/C18H26N2O4S/c1-14-7-9-16(10-8-14)25(22,23)19-18(21)24-13-15-5-4-12-20-11-3-2-6-17(15)20/h7-10,15,17H,2-6,11-13H2,1H3,(H,19,21)/p+1. The monoisotopic (exact) mass is 367 g/mol. The van der Waals surface area contributed by atoms with Crippen LogP contribution in [-0.2, 0) is 14.8 Å². The molecular weight excluding hydrogens is 340 g/mol. The van der Waals surface area contributed by atoms with Crippen molar-refractivity contribution in [1.29, 1.82) is 0 Å². The van der Waals surface area contributed by atoms with Gasteiger partial charge in [-0.1, -0.05) is 17.7 Å². The molecule has 1 aromatic rings. The molecule has 0 bridgehead atoms. The minimum Gasteiger partial charge on any atom is -0.448 e. The third-order valence-corrected chi connectivity index (χ3v) is 6.73. The van der Waals surface area contributed by atoms with Gasteiger partial charge < -0.3 is 9.64 Å². The van der Waals surface area contributed by atoms with E-state index in [-0.39, 0.29) is 4.90 Å². The highest BCUT2D eigenvalue weighted by atomic mass is 32.2. The van der Waals surface area contributed by atoms with Crippen molar-refractivity contribution in [1.82, 2.24) is 4.72 Å². The number of benzene rings is 1. The lowest BCUT2D eigenvalue weighted by molar-refractivity contribution is -0.940. The predicted octanol–water partition coefficient (Wildman–Crippen LogP) is 1.26. The van der Waals surface area contributed by atoms with Crippen LogP contribution in [0.25, 0.3) is 0 Å². The number of quaternary nitrogens is 1. The predicted molar refractivity (Wildman–Crippen MR) is 93.9 cm³/mol. The largest absolute Gasteiger partial charge is 0.448 e. The molecule has 2 N–H and O–H groups in total. The lowest BCUT2D eigenvalue weighted by atomic mass is 9.84. The van der Waals surface area contributed by atoms with Crippen molar-refractivity contribution in [2.24, 2.45) is 5.92 Å². The molecule has 0 saturated carbocycles. The number of aryl methyl sites for hydroxylation is 1. The molecule has 25 heavy (non-hydrogen) atoms. The number of ether oxygens (including phenoxy) is 1. The Bertz CT molecular complexity index is 700. The van der Waals surface area contributed by atoms with Crippen LogP contribution < -0.4 is 9.62 Å². The maximum Gasteiger partial charge on any atom is 0.421 e. The van der Waals surface area contributed by atoms with Gasteiger partial charge in [0.2, 0.25) is 0 Å². The fraction of sp³-hybridized carbons (Fsp3) is 0.611. The smallest absolute Gasteiger partial charge is 0.421 e. The Morgan fingerprint density at radius 2 is 1.88 bits per heavy atom. The van der Waals surface area contributed by atoms with E-state index in [0.717, 1.165) is 18.4 Å². The molecular formula is C18H27N2O4S+. The van der Waals surface area contributed by atoms with Crippen LogP contribution >= 0.6 is 0 Å². The third kappa shape index (κ3) is 4.52. The number of hydrogen-bond acceptors (Lipinski definition) is 4. The minimum atomic E-state index is -3.88. The first kappa shape index (κ1) is 18.2. The molecule has 0 radical (unpaired) electrons. The zero-order chi connectivity index (χ0) is 17.9. The van der Waals surface area contributed by atoms with E-state index >= 15 is 0 Å². The van der Waals surface area contributed by atoms with Crippen LogP contribution in [0.15, 0.2) is 29.2 Å². The molecule has 1 amide bonds. The number of sulfonamides is 1. The van der Waals surface area contributed by atoms with Crippen molar-refractivity contribution >= 4 is 16.1 Å². The summed E-state index contributed by atoms with van der Waals surface area (Å²) in [4.78, 5) is 13.7. The van der Waals surface area contributed by atoms with Gasteiger partial charge in [-0.15, -0.1) is 0 Å². The zero-order valence-electron chi connectivity index (χ0n) is 14.7. The van der Waals surface area contributed by atoms with Crippen LogP contribution in [0.1, 0.15) is 37.7 Å². The van der Waals surface area contributed by atoms with Crippen LogP contribution in [-0.4, -0.2) is 40.2 Å². The average Bonchev–Trinajstić information content (AvgIpc) is 2.60. The Morgan fingerprint density at radius 3 is 2.64 bits per heavy atom. The van der Waals surface area contributed by atoms with Crippen molar-refractivity contribution < 1.29 is 22.8 Å². The van der Waals surface area contributed by atoms with E-state index in [0.29, 0.717) is 18.6 Å². The topological polar surface area (TPSA) is 76.9 Å². The van der Waals surface area contributed by atoms with Crippen molar-refractivity contribution in [2.75, 3.05) is 19.7 Å². The van der Waals surface area contributed by atoms with Crippen LogP contribution in [0, 0.1) is 12.8 Å². The Kier molecular flexibility index (Phi) is 5.64. The van der Waals surface area contributed by atoms with Gasteiger partial charge >= 0.3 is 6.09 Å². The summed E-state index contributed by atoms with van der Waals surface area (Å²) < 4.78 is 31.7. The second-order valence-corrected chi connectivity index (χ2v) is 8.86. The molecule has 0 aromatic heterocycles. The van der Waals surface area contributed by atoms with E-state index in [1.165, 1.54) is 44.5 Å². The van der Waals surface area contributed by atoms with Crippen molar-refractivity contribution in [2.45, 2.75) is 50.0 Å². The molecule has 7 heteroatoms. The van der Waals surface area contributed by atoms with Crippen LogP contribution in [0.3, 0.4) is 0 Å². The first-order valence-corrected chi connectivity index (χ1v) is 10.5. The third-order valence-electron chi connectivity index (χ3n) is 5.41. The van der Waals surface area contributed by atoms with Gasteiger partial charge in [0.25, 0.3) is 10.0 Å². The Morgan fingerprint density at radius 1 is 1.16 bits per heavy atom. The summed E-state index contributed by atoms with van der Waals surface area (Å²) in [6.45, 7) is 4.58. The van der Waals surface area contributed by atoms with Crippen LogP contribution in [0.2, 0.25) is 0 Å². The summed E-state index contributed by atoms with van der Waals surface area (Å²) in [5.41, 5.74) is 0.957. The summed E-state index contributed by atoms with van der Waals surface area (Å²) in [6.07, 6.45) is 4.98. The molecule has 138 valence electrons. The van der Waals surface area contributed by atoms with Gasteiger partial charge in [-0.2, -0.15) is 0 Å². The molecule has 2 aliphatic heterocycles. The van der Waals surface area contributed by atoms with E-state index in [2.05, 4.69) is 0 Å². The average molecular weight is 367 g/mol. The fourth-order valence-electron chi connectivity index (χ4n) is 4.08. The van der Waals surface area contributed by atoms with Crippen LogP contribution in [0.5, 0.6) is 0 Å². The summed E-state index contributed by atoms with van der Waals surface area (Å²) in [5, 5.41) is 0. The molecule has 0 aliphatic carbocycles. The van der Waals surface area contributed by atoms with Gasteiger partial charge in [-0.3, -0.25) is 0 Å². The summed E-state index contributed by atoms with van der Waals surface area (Å²) in [5.74, 6) is 0.330. The molecule has 3 rings (SSSR count). The normalized spacial score (nSPS) is 26.5. The number of carbonyl (C=O) groups excluding carboxylic acids is 1. The van der Waals surface area contributed by atoms with Crippen molar-refractivity contribution in [3.05, 3.63) is 29.8 Å². The number of nitrogens with one attached hydrogen (secondary N) is 2. The summed E-state index contributed by atoms with van der Waals surface area (Å²) in [7, 11) is -3.88. The second kappa shape index (κ2) is 7.74. The molecule has 2 aliphatic rings. The van der Waals surface area contributed by atoms with Crippen molar-refractivity contribution in [3.8, 4) is 0 Å². The van der Waals surface area contributed by atoms with Crippen molar-refractivity contribution in [3.63, 3.8) is 0 Å². The van der Waals surface area contributed by atoms with E-state index < -0.39 is 16.1 Å². The fourth-order valence-corrected chi connectivity index (χ4v) is 4.97. The highest BCUT2D eigenvalue weighted by Crippen LogP contribution is 2.20. The number of hydrogen-bond donors (Lipinski definition) is 2. The minimum absolute atomic E-state index is 0.0654. The van der Waals surface area contributed by atoms with Crippen LogP contribution in [0.4, 0.5) is 4.79 Å². The summed E-state index contributed by atoms with van der Waals surface area (Å²) >= 11 is 0. The quantitative estimate of drug-likeness (QED) is 0.840. The van der Waals surface area contributed by atoms with Gasteiger partial charge in [-0.05, 0) is 51.2 Å². The second-order valence-electron chi connectivity index (χ2n) is 7.18. The number of piperidine rings is 2.